The van der Waals surface area contributed by atoms with Crippen LogP contribution >= 0.6 is 11.6 Å². The molecular formula is C23H25ClF3N3O. The average Bonchev–Trinajstić information content (AvgIpc) is 3.30. The molecule has 2 heterocycles. The van der Waals surface area contributed by atoms with E-state index in [-0.39, 0.29) is 0 Å². The minimum Gasteiger partial charge on any atom is -0.385 e. The standard InChI is InChI=1S/C23H25ClF3N3O/c1-14-3-4-17(9-19(14)24)28-7-2-8-29-10-15-12-30(13-16(15)11-29)23(31)18-5-6-20(25)22(27)21(18)26/h3-6,9,15-16,28H,2,7-8,10-13H2,1H3. The molecule has 1 amide bonds. The van der Waals surface area contributed by atoms with Crippen LogP contribution in [-0.2, 0) is 0 Å². The largest absolute Gasteiger partial charge is 0.385 e. The van der Waals surface area contributed by atoms with E-state index in [1.165, 1.54) is 0 Å². The van der Waals surface area contributed by atoms with E-state index in [9.17, 15) is 18.0 Å². The number of amides is 1. The van der Waals surface area contributed by atoms with Crippen molar-refractivity contribution in [3.63, 3.8) is 0 Å². The number of halogens is 4. The Hall–Kier alpha value is -2.25. The SMILES string of the molecule is Cc1ccc(NCCCN2CC3CN(C(=O)c4ccc(F)c(F)c4F)CC3C2)cc1Cl. The van der Waals surface area contributed by atoms with Crippen molar-refractivity contribution in [2.24, 2.45) is 11.8 Å². The topological polar surface area (TPSA) is 35.6 Å². The molecule has 1 N–H and O–H groups in total. The molecule has 2 fully saturated rings. The third kappa shape index (κ3) is 4.67. The van der Waals surface area contributed by atoms with E-state index in [1.54, 1.807) is 4.90 Å². The van der Waals surface area contributed by atoms with Crippen LogP contribution in [0.25, 0.3) is 0 Å². The first-order valence-electron chi connectivity index (χ1n) is 10.5. The highest BCUT2D eigenvalue weighted by atomic mass is 35.5. The number of nitrogens with zero attached hydrogens (tertiary/aromatic N) is 2. The van der Waals surface area contributed by atoms with Gasteiger partial charge in [0.25, 0.3) is 5.91 Å². The van der Waals surface area contributed by atoms with Gasteiger partial charge in [-0.3, -0.25) is 4.79 Å². The average molecular weight is 452 g/mol. The Labute approximate surface area is 185 Å². The summed E-state index contributed by atoms with van der Waals surface area (Å²) in [5, 5.41) is 4.13. The maximum Gasteiger partial charge on any atom is 0.256 e. The fraction of sp³-hybridized carbons (Fsp3) is 0.435. The van der Waals surface area contributed by atoms with Crippen molar-refractivity contribution in [2.45, 2.75) is 13.3 Å². The maximum absolute atomic E-state index is 14.0. The van der Waals surface area contributed by atoms with Crippen LogP contribution in [-0.4, -0.2) is 55.0 Å². The Morgan fingerprint density at radius 3 is 2.45 bits per heavy atom. The zero-order valence-electron chi connectivity index (χ0n) is 17.3. The molecule has 0 aromatic heterocycles. The second-order valence-corrected chi connectivity index (χ2v) is 8.86. The number of rotatable bonds is 6. The van der Waals surface area contributed by atoms with Gasteiger partial charge in [-0.15, -0.1) is 0 Å². The van der Waals surface area contributed by atoms with Crippen molar-refractivity contribution >= 4 is 23.2 Å². The maximum atomic E-state index is 14.0. The van der Waals surface area contributed by atoms with E-state index in [0.29, 0.717) is 24.9 Å². The zero-order chi connectivity index (χ0) is 22.1. The minimum absolute atomic E-state index is 0.321. The first-order valence-corrected chi connectivity index (χ1v) is 10.9. The predicted molar refractivity (Wildman–Crippen MR) is 115 cm³/mol. The Bertz CT molecular complexity index is 973. The van der Waals surface area contributed by atoms with Crippen LogP contribution in [0.15, 0.2) is 30.3 Å². The molecule has 0 saturated carbocycles. The summed E-state index contributed by atoms with van der Waals surface area (Å²) in [4.78, 5) is 16.5. The highest BCUT2D eigenvalue weighted by molar-refractivity contribution is 6.31. The quantitative estimate of drug-likeness (QED) is 0.516. The minimum atomic E-state index is -1.60. The smallest absolute Gasteiger partial charge is 0.256 e. The molecule has 2 aromatic rings. The summed E-state index contributed by atoms with van der Waals surface area (Å²) in [5.74, 6) is -4.23. The Morgan fingerprint density at radius 2 is 1.77 bits per heavy atom. The van der Waals surface area contributed by atoms with Crippen LogP contribution in [0.1, 0.15) is 22.3 Å². The molecule has 2 aromatic carbocycles. The number of aryl methyl sites for hydroxylation is 1. The number of nitrogens with one attached hydrogen (secondary N) is 1. The number of hydrogen-bond donors (Lipinski definition) is 1. The zero-order valence-corrected chi connectivity index (χ0v) is 18.1. The summed E-state index contributed by atoms with van der Waals surface area (Å²) in [6.07, 6.45) is 0.980. The van der Waals surface area contributed by atoms with Crippen LogP contribution in [0.2, 0.25) is 5.02 Å². The molecule has 2 unspecified atom stereocenters. The number of benzene rings is 2. The van der Waals surface area contributed by atoms with E-state index in [1.807, 2.05) is 25.1 Å². The Morgan fingerprint density at radius 1 is 1.06 bits per heavy atom. The lowest BCUT2D eigenvalue weighted by Gasteiger charge is -2.22. The summed E-state index contributed by atoms with van der Waals surface area (Å²) >= 11 is 6.15. The van der Waals surface area contributed by atoms with E-state index in [0.717, 1.165) is 61.0 Å². The molecule has 2 atom stereocenters. The molecule has 0 radical (unpaired) electrons. The number of fused-ring (bicyclic) bond motifs is 1. The van der Waals surface area contributed by atoms with E-state index in [2.05, 4.69) is 10.2 Å². The lowest BCUT2D eigenvalue weighted by atomic mass is 10.0. The summed E-state index contributed by atoms with van der Waals surface area (Å²) < 4.78 is 40.6. The molecule has 2 aliphatic rings. The summed E-state index contributed by atoms with van der Waals surface area (Å²) in [6.45, 7) is 6.54. The second kappa shape index (κ2) is 9.09. The van der Waals surface area contributed by atoms with Crippen molar-refractivity contribution in [2.75, 3.05) is 44.6 Å². The highest BCUT2D eigenvalue weighted by Gasteiger charge is 2.42. The molecule has 2 saturated heterocycles. The summed E-state index contributed by atoms with van der Waals surface area (Å²) in [5.41, 5.74) is 1.65. The van der Waals surface area contributed by atoms with Gasteiger partial charge < -0.3 is 15.1 Å². The summed E-state index contributed by atoms with van der Waals surface area (Å²) in [6, 6.07) is 7.75. The van der Waals surface area contributed by atoms with Crippen LogP contribution in [0.5, 0.6) is 0 Å². The second-order valence-electron chi connectivity index (χ2n) is 8.46. The van der Waals surface area contributed by atoms with E-state index in [4.69, 9.17) is 11.6 Å². The lowest BCUT2D eigenvalue weighted by Crippen LogP contribution is -2.34. The Balaban J connectivity index is 1.23. The monoisotopic (exact) mass is 451 g/mol. The first kappa shape index (κ1) is 22.0. The lowest BCUT2D eigenvalue weighted by molar-refractivity contribution is 0.0768. The molecule has 8 heteroatoms. The molecule has 4 nitrogen and oxygen atoms in total. The van der Waals surface area contributed by atoms with Crippen molar-refractivity contribution < 1.29 is 18.0 Å². The fourth-order valence-electron chi connectivity index (χ4n) is 4.54. The molecular weight excluding hydrogens is 427 g/mol. The number of carbonyl (C=O) groups is 1. The van der Waals surface area contributed by atoms with E-state index >= 15 is 0 Å². The van der Waals surface area contributed by atoms with Gasteiger partial charge in [-0.05, 0) is 61.6 Å². The van der Waals surface area contributed by atoms with Crippen LogP contribution in [0, 0.1) is 36.2 Å². The number of carbonyl (C=O) groups excluding carboxylic acids is 1. The molecule has 0 aliphatic carbocycles. The Kier molecular flexibility index (Phi) is 6.44. The molecule has 4 rings (SSSR count). The first-order chi connectivity index (χ1) is 14.8. The van der Waals surface area contributed by atoms with Crippen molar-refractivity contribution in [3.05, 3.63) is 63.9 Å². The third-order valence-corrected chi connectivity index (χ3v) is 6.67. The van der Waals surface area contributed by atoms with Gasteiger partial charge in [0.15, 0.2) is 17.5 Å². The van der Waals surface area contributed by atoms with Crippen molar-refractivity contribution in [1.82, 2.24) is 9.80 Å². The van der Waals surface area contributed by atoms with Crippen LogP contribution in [0.3, 0.4) is 0 Å². The normalized spacial score (nSPS) is 20.9. The summed E-state index contributed by atoms with van der Waals surface area (Å²) in [7, 11) is 0. The van der Waals surface area contributed by atoms with Gasteiger partial charge in [0.05, 0.1) is 5.56 Å². The molecule has 31 heavy (non-hydrogen) atoms. The molecule has 166 valence electrons. The van der Waals surface area contributed by atoms with Gasteiger partial charge in [-0.25, -0.2) is 13.2 Å². The van der Waals surface area contributed by atoms with Gasteiger partial charge in [0, 0.05) is 43.4 Å². The van der Waals surface area contributed by atoms with Gasteiger partial charge in [-0.1, -0.05) is 17.7 Å². The highest BCUT2D eigenvalue weighted by Crippen LogP contribution is 2.32. The van der Waals surface area contributed by atoms with Crippen LogP contribution in [0.4, 0.5) is 18.9 Å². The van der Waals surface area contributed by atoms with Gasteiger partial charge in [-0.2, -0.15) is 0 Å². The van der Waals surface area contributed by atoms with Crippen molar-refractivity contribution in [3.8, 4) is 0 Å². The molecule has 0 bridgehead atoms. The number of anilines is 1. The van der Waals surface area contributed by atoms with E-state index < -0.39 is 28.9 Å². The van der Waals surface area contributed by atoms with Gasteiger partial charge in [0.1, 0.15) is 0 Å². The fourth-order valence-corrected chi connectivity index (χ4v) is 4.72. The van der Waals surface area contributed by atoms with Crippen LogP contribution < -0.4 is 5.32 Å². The van der Waals surface area contributed by atoms with Crippen molar-refractivity contribution in [1.29, 1.82) is 0 Å². The predicted octanol–water partition coefficient (Wildman–Crippen LogP) is 4.57. The molecule has 2 aliphatic heterocycles. The number of hydrogen-bond acceptors (Lipinski definition) is 3. The van der Waals surface area contributed by atoms with Gasteiger partial charge in [0.2, 0.25) is 0 Å². The molecule has 0 spiro atoms. The van der Waals surface area contributed by atoms with Gasteiger partial charge >= 0.3 is 0 Å². The third-order valence-electron chi connectivity index (χ3n) is 6.27. The number of likely N-dealkylation sites (tertiary alicyclic amines) is 2.